The molecule has 3 aromatic carbocycles. The molecule has 1 atom stereocenters. The van der Waals surface area contributed by atoms with E-state index in [1.165, 1.54) is 0 Å². The van der Waals surface area contributed by atoms with Crippen molar-refractivity contribution in [2.45, 2.75) is 32.6 Å². The maximum absolute atomic E-state index is 13.5. The number of carbonyl (C=O) groups excluding carboxylic acids is 1. The second-order valence-corrected chi connectivity index (χ2v) is 10.6. The summed E-state index contributed by atoms with van der Waals surface area (Å²) >= 11 is 0. The highest BCUT2D eigenvalue weighted by Gasteiger charge is 2.44. The molecule has 0 bridgehead atoms. The predicted octanol–water partition coefficient (Wildman–Crippen LogP) is 5.82. The van der Waals surface area contributed by atoms with Crippen LogP contribution >= 0.6 is 0 Å². The number of benzene rings is 3. The second kappa shape index (κ2) is 7.74. The first-order valence-corrected chi connectivity index (χ1v) is 12.3. The summed E-state index contributed by atoms with van der Waals surface area (Å²) in [7, 11) is 0. The highest BCUT2D eigenvalue weighted by atomic mass is 16.5. The summed E-state index contributed by atoms with van der Waals surface area (Å²) in [5.41, 5.74) is 3.24. The van der Waals surface area contributed by atoms with E-state index in [2.05, 4.69) is 23.9 Å². The van der Waals surface area contributed by atoms with Crippen LogP contribution in [0.25, 0.3) is 27.8 Å². The van der Waals surface area contributed by atoms with Crippen LogP contribution in [0.15, 0.2) is 84.4 Å². The summed E-state index contributed by atoms with van der Waals surface area (Å²) in [5.74, 6) is 1.31. The van der Waals surface area contributed by atoms with Crippen LogP contribution < -0.4 is 4.74 Å². The monoisotopic (exact) mass is 488 g/mol. The van der Waals surface area contributed by atoms with E-state index in [0.717, 1.165) is 16.3 Å². The van der Waals surface area contributed by atoms with Crippen molar-refractivity contribution in [3.8, 4) is 23.0 Å². The van der Waals surface area contributed by atoms with Gasteiger partial charge in [-0.1, -0.05) is 68.4 Å². The first-order chi connectivity index (χ1) is 17.9. The highest BCUT2D eigenvalue weighted by molar-refractivity contribution is 6.00. The van der Waals surface area contributed by atoms with Gasteiger partial charge in [0.1, 0.15) is 17.8 Å². The molecular weight excluding hydrogens is 464 g/mol. The van der Waals surface area contributed by atoms with Gasteiger partial charge in [0.15, 0.2) is 17.3 Å². The molecule has 7 heteroatoms. The van der Waals surface area contributed by atoms with Gasteiger partial charge in [0.05, 0.1) is 11.1 Å². The number of aromatic nitrogens is 4. The molecule has 3 heterocycles. The Morgan fingerprint density at radius 1 is 1.00 bits per heavy atom. The fourth-order valence-corrected chi connectivity index (χ4v) is 5.65. The number of fused-ring (bicyclic) bond motifs is 4. The van der Waals surface area contributed by atoms with Gasteiger partial charge in [0, 0.05) is 24.3 Å². The van der Waals surface area contributed by atoms with Crippen LogP contribution in [0.1, 0.15) is 43.7 Å². The molecule has 2 aliphatic rings. The van der Waals surface area contributed by atoms with E-state index < -0.39 is 0 Å². The zero-order valence-electron chi connectivity index (χ0n) is 20.5. The van der Waals surface area contributed by atoms with Crippen molar-refractivity contribution < 1.29 is 14.6 Å². The number of hydrogen-bond donors (Lipinski definition) is 1. The van der Waals surface area contributed by atoms with Gasteiger partial charge in [-0.25, -0.2) is 14.5 Å². The van der Waals surface area contributed by atoms with Gasteiger partial charge in [-0.05, 0) is 33.9 Å². The number of phenols is 1. The number of ether oxygens (including phenoxy) is 1. The second-order valence-electron chi connectivity index (χ2n) is 10.6. The topological polar surface area (TPSA) is 89.6 Å². The number of aromatic hydroxyl groups is 1. The fourth-order valence-electron chi connectivity index (χ4n) is 5.65. The van der Waals surface area contributed by atoms with Crippen molar-refractivity contribution in [1.29, 1.82) is 0 Å². The lowest BCUT2D eigenvalue weighted by Gasteiger charge is -2.37. The molecule has 7 rings (SSSR count). The van der Waals surface area contributed by atoms with Crippen molar-refractivity contribution in [1.82, 2.24) is 19.6 Å². The van der Waals surface area contributed by atoms with Crippen molar-refractivity contribution in [2.75, 3.05) is 0 Å². The van der Waals surface area contributed by atoms with Crippen LogP contribution in [0.4, 0.5) is 0 Å². The summed E-state index contributed by atoms with van der Waals surface area (Å²) in [6.07, 6.45) is 2.69. The number of rotatable bonds is 2. The van der Waals surface area contributed by atoms with Gasteiger partial charge in [0.25, 0.3) is 0 Å². The molecule has 1 aliphatic heterocycles. The van der Waals surface area contributed by atoms with E-state index >= 15 is 0 Å². The Hall–Kier alpha value is -4.52. The molecule has 0 spiro atoms. The predicted molar refractivity (Wildman–Crippen MR) is 139 cm³/mol. The van der Waals surface area contributed by atoms with E-state index in [1.54, 1.807) is 16.9 Å². The smallest absolute Gasteiger partial charge is 0.228 e. The molecule has 37 heavy (non-hydrogen) atoms. The minimum atomic E-state index is -0.373. The van der Waals surface area contributed by atoms with E-state index in [-0.39, 0.29) is 22.9 Å². The maximum atomic E-state index is 13.5. The zero-order chi connectivity index (χ0) is 25.3. The Morgan fingerprint density at radius 3 is 2.51 bits per heavy atom. The van der Waals surface area contributed by atoms with Crippen LogP contribution in [0.2, 0.25) is 0 Å². The van der Waals surface area contributed by atoms with Gasteiger partial charge in [-0.15, -0.1) is 5.10 Å². The zero-order valence-corrected chi connectivity index (χ0v) is 20.5. The average Bonchev–Trinajstić information content (AvgIpc) is 3.31. The SMILES string of the molecule is CC1(C)CC(=O)C2=C(C1)Oc1ncn3nc(-c4cc5ccccc5cc4O)nc3c1C2c1ccccc1. The molecule has 1 unspecified atom stereocenters. The van der Waals surface area contributed by atoms with Crippen molar-refractivity contribution in [2.24, 2.45) is 5.41 Å². The Labute approximate surface area is 213 Å². The van der Waals surface area contributed by atoms with Gasteiger partial charge >= 0.3 is 0 Å². The van der Waals surface area contributed by atoms with Crippen molar-refractivity contribution in [3.63, 3.8) is 0 Å². The lowest BCUT2D eigenvalue weighted by molar-refractivity contribution is -0.118. The first-order valence-electron chi connectivity index (χ1n) is 12.3. The van der Waals surface area contributed by atoms with E-state index in [0.29, 0.717) is 52.7 Å². The summed E-state index contributed by atoms with van der Waals surface area (Å²) in [4.78, 5) is 23.0. The van der Waals surface area contributed by atoms with Gasteiger partial charge < -0.3 is 9.84 Å². The normalized spacial score (nSPS) is 18.5. The molecule has 5 aromatic rings. The third-order valence-electron chi connectivity index (χ3n) is 7.30. The number of hydrogen-bond acceptors (Lipinski definition) is 6. The van der Waals surface area contributed by atoms with Crippen molar-refractivity contribution >= 4 is 22.2 Å². The summed E-state index contributed by atoms with van der Waals surface area (Å²) in [6, 6.07) is 21.4. The van der Waals surface area contributed by atoms with Crippen LogP contribution in [0.5, 0.6) is 11.6 Å². The molecule has 1 N–H and O–H groups in total. The molecule has 0 saturated carbocycles. The van der Waals surface area contributed by atoms with Crippen LogP contribution in [-0.4, -0.2) is 30.5 Å². The Bertz CT molecular complexity index is 1770. The number of Topliss-reactive ketones (excluding diaryl/α,β-unsaturated/α-hetero) is 1. The molecule has 0 saturated heterocycles. The van der Waals surface area contributed by atoms with E-state index in [9.17, 15) is 9.90 Å². The number of ketones is 1. The third-order valence-corrected chi connectivity index (χ3v) is 7.30. The fraction of sp³-hybridized carbons (Fsp3) is 0.200. The van der Waals surface area contributed by atoms with Crippen LogP contribution in [0.3, 0.4) is 0 Å². The first kappa shape index (κ1) is 21.7. The summed E-state index contributed by atoms with van der Waals surface area (Å²) in [5, 5.41) is 17.4. The van der Waals surface area contributed by atoms with E-state index in [1.807, 2.05) is 60.7 Å². The Kier molecular flexibility index (Phi) is 4.55. The molecule has 1 aliphatic carbocycles. The maximum Gasteiger partial charge on any atom is 0.228 e. The molecule has 0 fully saturated rings. The Morgan fingerprint density at radius 2 is 1.73 bits per heavy atom. The summed E-state index contributed by atoms with van der Waals surface area (Å²) < 4.78 is 7.92. The number of nitrogens with zero attached hydrogens (tertiary/aromatic N) is 4. The largest absolute Gasteiger partial charge is 0.507 e. The lowest BCUT2D eigenvalue weighted by Crippen LogP contribution is -2.33. The van der Waals surface area contributed by atoms with E-state index in [4.69, 9.17) is 9.72 Å². The van der Waals surface area contributed by atoms with Gasteiger partial charge in [-0.3, -0.25) is 4.79 Å². The minimum Gasteiger partial charge on any atom is -0.507 e. The van der Waals surface area contributed by atoms with Gasteiger partial charge in [-0.2, -0.15) is 0 Å². The minimum absolute atomic E-state index is 0.0830. The number of carbonyl (C=O) groups is 1. The van der Waals surface area contributed by atoms with Gasteiger partial charge in [0.2, 0.25) is 5.88 Å². The summed E-state index contributed by atoms with van der Waals surface area (Å²) in [6.45, 7) is 4.17. The molecule has 0 radical (unpaired) electrons. The number of phenolic OH excluding ortho intramolecular Hbond substituents is 1. The van der Waals surface area contributed by atoms with Crippen molar-refractivity contribution in [3.05, 3.63) is 95.5 Å². The third kappa shape index (κ3) is 3.42. The molecule has 182 valence electrons. The van der Waals surface area contributed by atoms with Crippen LogP contribution in [-0.2, 0) is 4.79 Å². The van der Waals surface area contributed by atoms with Crippen LogP contribution in [0, 0.1) is 5.41 Å². The quantitative estimate of drug-likeness (QED) is 0.337. The molecule has 7 nitrogen and oxygen atoms in total. The highest BCUT2D eigenvalue weighted by Crippen LogP contribution is 2.50. The lowest BCUT2D eigenvalue weighted by atomic mass is 9.70. The standard InChI is InChI=1S/C30H24N4O3/c1-30(2)14-22(36)25-23(15-30)37-29-26(24(25)17-8-4-3-5-9-17)28-32-27(33-34(28)16-31-29)20-12-18-10-6-7-11-19(18)13-21(20)35/h3-13,16,24,35H,14-15H2,1-2H3. The Balaban J connectivity index is 1.46. The molecule has 0 amide bonds. The number of allylic oxidation sites excluding steroid dienone is 2. The average molecular weight is 489 g/mol. The molecule has 2 aromatic heterocycles. The molecular formula is C30H24N4O3.